The summed E-state index contributed by atoms with van der Waals surface area (Å²) in [4.78, 5) is 62.1. The minimum atomic E-state index is -3.95. The van der Waals surface area contributed by atoms with E-state index in [-0.39, 0.29) is 43.4 Å². The van der Waals surface area contributed by atoms with Crippen LogP contribution in [0.4, 0.5) is 4.79 Å². The van der Waals surface area contributed by atoms with Crippen molar-refractivity contribution in [1.82, 2.24) is 25.2 Å². The number of fused-ring (bicyclic) bond motifs is 3. The Balaban J connectivity index is 1.42. The van der Waals surface area contributed by atoms with Gasteiger partial charge in [-0.3, -0.25) is 19.1 Å². The van der Waals surface area contributed by atoms with Crippen LogP contribution in [0.2, 0.25) is 0 Å². The average Bonchev–Trinajstić information content (AvgIpc) is 3.40. The lowest BCUT2D eigenvalue weighted by molar-refractivity contribution is -0.142. The number of hydrogen-bond acceptors (Lipinski definition) is 11. The normalized spacial score (nSPS) is 27.1. The van der Waals surface area contributed by atoms with E-state index in [1.807, 2.05) is 44.5 Å². The minimum Gasteiger partial charge on any atom is -0.496 e. The van der Waals surface area contributed by atoms with Crippen LogP contribution in [0.15, 0.2) is 30.9 Å². The standard InChI is InChI=1S/C40H55N5O10S/c1-8-26-20-40(26,37(48)44-56(7,50)51)43-35(46)30-17-27-21-45(30)36(47)34(24-12-9-10-13-24)42-38(49)53-22-39(4,5)15-11-14-25-16-28-29(18-31(25)52-6)41-33(54-23(2)3)19-32(28)55-27/h8,16,18-19,23-24,26-27,30,34H,1,9-15,17,20-22H2,2-7H3,(H,42,49)(H,43,46)(H,44,48)/t26-,27+,30-,34-,40+/m0/s1. The van der Waals surface area contributed by atoms with Gasteiger partial charge in [0.05, 0.1) is 38.1 Å². The van der Waals surface area contributed by atoms with Crippen LogP contribution in [0.5, 0.6) is 17.4 Å². The Morgan fingerprint density at radius 2 is 1.88 bits per heavy atom. The summed E-state index contributed by atoms with van der Waals surface area (Å²) in [6.07, 6.45) is 6.23. The summed E-state index contributed by atoms with van der Waals surface area (Å²) < 4.78 is 50.4. The second-order valence-electron chi connectivity index (χ2n) is 16.8. The molecule has 3 fully saturated rings. The van der Waals surface area contributed by atoms with Crippen molar-refractivity contribution in [3.05, 3.63) is 36.4 Å². The summed E-state index contributed by atoms with van der Waals surface area (Å²) >= 11 is 0. The summed E-state index contributed by atoms with van der Waals surface area (Å²) in [6, 6.07) is 3.43. The Bertz CT molecular complexity index is 1980. The van der Waals surface area contributed by atoms with E-state index in [0.29, 0.717) is 47.5 Å². The fraction of sp³-hybridized carbons (Fsp3) is 0.625. The predicted molar refractivity (Wildman–Crippen MR) is 208 cm³/mol. The lowest BCUT2D eigenvalue weighted by atomic mass is 9.87. The maximum atomic E-state index is 14.8. The smallest absolute Gasteiger partial charge is 0.407 e. The van der Waals surface area contributed by atoms with Gasteiger partial charge < -0.3 is 34.5 Å². The topological polar surface area (TPSA) is 192 Å². The molecule has 1 aromatic carbocycles. The first-order chi connectivity index (χ1) is 26.4. The van der Waals surface area contributed by atoms with Crippen LogP contribution in [0.3, 0.4) is 0 Å². The van der Waals surface area contributed by atoms with Gasteiger partial charge >= 0.3 is 6.09 Å². The molecule has 4 aliphatic rings. The number of rotatable bonds is 9. The van der Waals surface area contributed by atoms with Crippen molar-refractivity contribution in [2.45, 2.75) is 115 Å². The Hall–Kier alpha value is -4.60. The summed E-state index contributed by atoms with van der Waals surface area (Å²) in [5.41, 5.74) is -0.440. The van der Waals surface area contributed by atoms with Crippen molar-refractivity contribution < 1.29 is 46.5 Å². The van der Waals surface area contributed by atoms with Gasteiger partial charge in [0.15, 0.2) is 0 Å². The van der Waals surface area contributed by atoms with Gasteiger partial charge in [-0.05, 0) is 75.3 Å². The molecule has 2 aliphatic heterocycles. The molecule has 3 N–H and O–H groups in total. The summed E-state index contributed by atoms with van der Waals surface area (Å²) in [5.74, 6) is -1.31. The molecule has 0 radical (unpaired) electrons. The number of amides is 4. The van der Waals surface area contributed by atoms with Crippen LogP contribution in [0, 0.1) is 17.3 Å². The highest BCUT2D eigenvalue weighted by Gasteiger charge is 2.61. The third-order valence-electron chi connectivity index (χ3n) is 11.3. The highest BCUT2D eigenvalue weighted by Crippen LogP contribution is 2.45. The van der Waals surface area contributed by atoms with E-state index in [4.69, 9.17) is 23.9 Å². The number of sulfonamides is 1. The SMILES string of the molecule is C=C[C@H]1C[C@]1(NC(=O)[C@@H]1C[C@@H]2CN1C(=O)[C@H](C1CCCC1)NC(=O)OCC(C)(C)CCCc1cc3c(cc(OC(C)C)nc3cc1OC)O2)C(=O)NS(C)(=O)=O. The van der Waals surface area contributed by atoms with E-state index in [2.05, 4.69) is 17.2 Å². The molecule has 6 rings (SSSR count). The highest BCUT2D eigenvalue weighted by atomic mass is 32.2. The molecule has 2 aliphatic carbocycles. The van der Waals surface area contributed by atoms with E-state index < -0.39 is 63.5 Å². The van der Waals surface area contributed by atoms with Gasteiger partial charge in [0.2, 0.25) is 27.7 Å². The van der Waals surface area contributed by atoms with Crippen molar-refractivity contribution in [3.63, 3.8) is 0 Å². The Morgan fingerprint density at radius 1 is 1.14 bits per heavy atom. The van der Waals surface area contributed by atoms with Gasteiger partial charge in [0, 0.05) is 29.9 Å². The monoisotopic (exact) mass is 797 g/mol. The van der Waals surface area contributed by atoms with E-state index in [1.165, 1.54) is 11.0 Å². The van der Waals surface area contributed by atoms with Gasteiger partial charge in [-0.15, -0.1) is 6.58 Å². The predicted octanol–water partition coefficient (Wildman–Crippen LogP) is 4.16. The Kier molecular flexibility index (Phi) is 11.8. The average molecular weight is 798 g/mol. The Labute approximate surface area is 328 Å². The third kappa shape index (κ3) is 9.16. The maximum Gasteiger partial charge on any atom is 0.407 e. The van der Waals surface area contributed by atoms with Crippen molar-refractivity contribution in [3.8, 4) is 17.4 Å². The van der Waals surface area contributed by atoms with Crippen LogP contribution in [-0.2, 0) is 35.6 Å². The molecule has 1 saturated heterocycles. The molecule has 1 aromatic heterocycles. The van der Waals surface area contributed by atoms with E-state index in [1.54, 1.807) is 13.2 Å². The number of methoxy groups -OCH3 is 1. The number of aromatic nitrogens is 1. The molecular formula is C40H55N5O10S. The first-order valence-corrected chi connectivity index (χ1v) is 21.4. The fourth-order valence-electron chi connectivity index (χ4n) is 8.29. The van der Waals surface area contributed by atoms with Crippen LogP contribution in [0.25, 0.3) is 10.9 Å². The van der Waals surface area contributed by atoms with E-state index in [0.717, 1.165) is 37.5 Å². The lowest BCUT2D eigenvalue weighted by Crippen LogP contribution is -2.59. The van der Waals surface area contributed by atoms with Crippen LogP contribution < -0.4 is 29.6 Å². The summed E-state index contributed by atoms with van der Waals surface area (Å²) in [5, 5.41) is 6.36. The van der Waals surface area contributed by atoms with Gasteiger partial charge in [-0.2, -0.15) is 0 Å². The number of pyridine rings is 1. The van der Waals surface area contributed by atoms with E-state index in [9.17, 15) is 27.6 Å². The fourth-order valence-corrected chi connectivity index (χ4v) is 8.81. The zero-order valence-electron chi connectivity index (χ0n) is 33.1. The van der Waals surface area contributed by atoms with Crippen molar-refractivity contribution >= 4 is 44.7 Å². The highest BCUT2D eigenvalue weighted by molar-refractivity contribution is 7.89. The number of hydrogen-bond donors (Lipinski definition) is 3. The van der Waals surface area contributed by atoms with Crippen LogP contribution >= 0.6 is 0 Å². The van der Waals surface area contributed by atoms with Gasteiger partial charge in [-0.25, -0.2) is 18.2 Å². The summed E-state index contributed by atoms with van der Waals surface area (Å²) in [6.45, 7) is 11.7. The molecule has 2 saturated carbocycles. The molecule has 16 heteroatoms. The molecule has 0 spiro atoms. The second kappa shape index (κ2) is 16.1. The van der Waals surface area contributed by atoms with Crippen LogP contribution in [0.1, 0.15) is 84.6 Å². The van der Waals surface area contributed by atoms with Gasteiger partial charge in [-0.1, -0.05) is 32.8 Å². The number of nitrogens with zero attached hydrogens (tertiary/aromatic N) is 2. The first kappa shape index (κ1) is 41.0. The number of ether oxygens (including phenoxy) is 4. The second-order valence-corrected chi connectivity index (χ2v) is 18.5. The molecule has 306 valence electrons. The maximum absolute atomic E-state index is 14.8. The number of carbonyl (C=O) groups is 4. The molecule has 56 heavy (non-hydrogen) atoms. The molecule has 5 atom stereocenters. The van der Waals surface area contributed by atoms with Gasteiger partial charge in [0.25, 0.3) is 5.91 Å². The van der Waals surface area contributed by atoms with E-state index >= 15 is 0 Å². The molecular weight excluding hydrogens is 743 g/mol. The van der Waals surface area contributed by atoms with Crippen molar-refractivity contribution in [1.29, 1.82) is 0 Å². The summed E-state index contributed by atoms with van der Waals surface area (Å²) in [7, 11) is -2.34. The Morgan fingerprint density at radius 3 is 2.52 bits per heavy atom. The number of carbonyl (C=O) groups excluding carboxylic acids is 4. The number of aryl methyl sites for hydroxylation is 1. The lowest BCUT2D eigenvalue weighted by Gasteiger charge is -2.32. The van der Waals surface area contributed by atoms with Gasteiger partial charge in [0.1, 0.15) is 35.2 Å². The molecule has 3 heterocycles. The number of benzene rings is 1. The molecule has 2 aromatic rings. The minimum absolute atomic E-state index is 0.0233. The quantitative estimate of drug-likeness (QED) is 0.309. The number of alkyl carbamates (subject to hydrolysis) is 1. The largest absolute Gasteiger partial charge is 0.496 e. The molecule has 4 amide bonds. The zero-order chi connectivity index (χ0) is 40.6. The van der Waals surface area contributed by atoms with Crippen molar-refractivity contribution in [2.75, 3.05) is 26.5 Å². The molecule has 0 unspecified atom stereocenters. The third-order valence-corrected chi connectivity index (χ3v) is 11.8. The first-order valence-electron chi connectivity index (χ1n) is 19.5. The van der Waals surface area contributed by atoms with Crippen LogP contribution in [-0.4, -0.2) is 98.5 Å². The number of nitrogens with one attached hydrogen (secondary N) is 3. The zero-order valence-corrected chi connectivity index (χ0v) is 34.0. The van der Waals surface area contributed by atoms with Crippen molar-refractivity contribution in [2.24, 2.45) is 17.3 Å². The number of cyclic esters (lactones) is 1. The molecule has 15 nitrogen and oxygen atoms in total. The molecule has 4 bridgehead atoms.